The molecule has 0 aromatic carbocycles. The summed E-state index contributed by atoms with van der Waals surface area (Å²) in [7, 11) is 0. The zero-order valence-electron chi connectivity index (χ0n) is 8.16. The zero-order valence-corrected chi connectivity index (χ0v) is 8.16. The van der Waals surface area contributed by atoms with E-state index in [0.717, 1.165) is 11.3 Å². The molecule has 1 rings (SSSR count). The second-order valence-corrected chi connectivity index (χ2v) is 3.39. The van der Waals surface area contributed by atoms with Crippen molar-refractivity contribution in [2.45, 2.75) is 20.8 Å². The molecule has 13 heavy (non-hydrogen) atoms. The normalized spacial score (nSPS) is 10.2. The number of carbonyl (C=O) groups is 1. The molecule has 0 fully saturated rings. The van der Waals surface area contributed by atoms with Gasteiger partial charge in [-0.15, -0.1) is 0 Å². The van der Waals surface area contributed by atoms with Gasteiger partial charge in [0.15, 0.2) is 0 Å². The Labute approximate surface area is 78.2 Å². The van der Waals surface area contributed by atoms with E-state index in [1.165, 1.54) is 0 Å². The molecule has 0 radical (unpaired) electrons. The molecule has 3 heteroatoms. The number of aryl methyl sites for hydroxylation is 1. The number of nitrogens with zero attached hydrogens (tertiary/aromatic N) is 1. The fraction of sp³-hybridized carbons (Fsp3) is 0.400. The predicted octanol–water partition coefficient (Wildman–Crippen LogP) is 1.98. The zero-order chi connectivity index (χ0) is 9.84. The van der Waals surface area contributed by atoms with E-state index < -0.39 is 0 Å². The highest BCUT2D eigenvalue weighted by Gasteiger charge is 2.06. The van der Waals surface area contributed by atoms with Crippen LogP contribution in [-0.4, -0.2) is 10.9 Å². The SMILES string of the molecule is Cc1cncc(NC(=O)C(C)C)c1. The molecule has 0 atom stereocenters. The number of hydrogen-bond donors (Lipinski definition) is 1. The molecule has 1 aromatic heterocycles. The van der Waals surface area contributed by atoms with E-state index in [1.807, 2.05) is 26.8 Å². The highest BCUT2D eigenvalue weighted by atomic mass is 16.1. The third-order valence-electron chi connectivity index (χ3n) is 1.67. The number of nitrogens with one attached hydrogen (secondary N) is 1. The first-order valence-electron chi connectivity index (χ1n) is 4.32. The summed E-state index contributed by atoms with van der Waals surface area (Å²) in [5.41, 5.74) is 1.81. The van der Waals surface area contributed by atoms with Gasteiger partial charge in [-0.1, -0.05) is 13.8 Å². The summed E-state index contributed by atoms with van der Waals surface area (Å²) in [6.45, 7) is 5.66. The molecule has 0 unspecified atom stereocenters. The van der Waals surface area contributed by atoms with Crippen LogP contribution in [0.25, 0.3) is 0 Å². The van der Waals surface area contributed by atoms with Crippen molar-refractivity contribution >= 4 is 11.6 Å². The summed E-state index contributed by atoms with van der Waals surface area (Å²) in [4.78, 5) is 15.3. The van der Waals surface area contributed by atoms with E-state index in [-0.39, 0.29) is 11.8 Å². The van der Waals surface area contributed by atoms with Gasteiger partial charge in [-0.05, 0) is 18.6 Å². The van der Waals surface area contributed by atoms with Crippen LogP contribution in [0.15, 0.2) is 18.5 Å². The lowest BCUT2D eigenvalue weighted by Gasteiger charge is -2.07. The highest BCUT2D eigenvalue weighted by molar-refractivity contribution is 5.91. The van der Waals surface area contributed by atoms with E-state index in [0.29, 0.717) is 0 Å². The Morgan fingerprint density at radius 2 is 2.15 bits per heavy atom. The number of hydrogen-bond acceptors (Lipinski definition) is 2. The molecule has 70 valence electrons. The van der Waals surface area contributed by atoms with Crippen LogP contribution in [0.5, 0.6) is 0 Å². The van der Waals surface area contributed by atoms with Crippen LogP contribution in [0.2, 0.25) is 0 Å². The van der Waals surface area contributed by atoms with Crippen molar-refractivity contribution in [2.24, 2.45) is 5.92 Å². The van der Waals surface area contributed by atoms with Crippen molar-refractivity contribution in [2.75, 3.05) is 5.32 Å². The number of carbonyl (C=O) groups excluding carboxylic acids is 1. The van der Waals surface area contributed by atoms with Crippen LogP contribution < -0.4 is 5.32 Å². The molecule has 3 nitrogen and oxygen atoms in total. The number of rotatable bonds is 2. The van der Waals surface area contributed by atoms with E-state index in [4.69, 9.17) is 0 Å². The van der Waals surface area contributed by atoms with Gasteiger partial charge in [0, 0.05) is 12.1 Å². The van der Waals surface area contributed by atoms with Gasteiger partial charge < -0.3 is 5.32 Å². The first-order chi connectivity index (χ1) is 6.09. The molecule has 1 heterocycles. The van der Waals surface area contributed by atoms with E-state index >= 15 is 0 Å². The summed E-state index contributed by atoms with van der Waals surface area (Å²) in [6, 6.07) is 1.90. The molecule has 1 N–H and O–H groups in total. The van der Waals surface area contributed by atoms with Crippen molar-refractivity contribution in [3.05, 3.63) is 24.0 Å². The Kier molecular flexibility index (Phi) is 3.01. The molecule has 0 aliphatic heterocycles. The monoisotopic (exact) mass is 178 g/mol. The largest absolute Gasteiger partial charge is 0.324 e. The molecular formula is C10H14N2O. The van der Waals surface area contributed by atoms with Gasteiger partial charge in [0.2, 0.25) is 5.91 Å². The standard InChI is InChI=1S/C10H14N2O/c1-7(2)10(13)12-9-4-8(3)5-11-6-9/h4-7H,1-3H3,(H,12,13). The molecule has 0 bridgehead atoms. The van der Waals surface area contributed by atoms with Gasteiger partial charge in [0.1, 0.15) is 0 Å². The van der Waals surface area contributed by atoms with Gasteiger partial charge >= 0.3 is 0 Å². The molecular weight excluding hydrogens is 164 g/mol. The third-order valence-corrected chi connectivity index (χ3v) is 1.67. The molecule has 1 amide bonds. The Morgan fingerprint density at radius 1 is 1.46 bits per heavy atom. The topological polar surface area (TPSA) is 42.0 Å². The van der Waals surface area contributed by atoms with Gasteiger partial charge in [0.05, 0.1) is 11.9 Å². The Morgan fingerprint density at radius 3 is 2.69 bits per heavy atom. The number of aromatic nitrogens is 1. The van der Waals surface area contributed by atoms with Crippen LogP contribution in [0.1, 0.15) is 19.4 Å². The molecule has 0 aliphatic rings. The second-order valence-electron chi connectivity index (χ2n) is 3.39. The Bertz CT molecular complexity index is 308. The summed E-state index contributed by atoms with van der Waals surface area (Å²) in [5.74, 6) is 0.0212. The van der Waals surface area contributed by atoms with Crippen LogP contribution >= 0.6 is 0 Å². The summed E-state index contributed by atoms with van der Waals surface area (Å²) < 4.78 is 0. The molecule has 0 saturated carbocycles. The third kappa shape index (κ3) is 2.86. The summed E-state index contributed by atoms with van der Waals surface area (Å²) in [6.07, 6.45) is 3.40. The Balaban J connectivity index is 2.69. The van der Waals surface area contributed by atoms with Crippen molar-refractivity contribution < 1.29 is 4.79 Å². The lowest BCUT2D eigenvalue weighted by Crippen LogP contribution is -2.17. The minimum Gasteiger partial charge on any atom is -0.324 e. The lowest BCUT2D eigenvalue weighted by atomic mass is 10.2. The highest BCUT2D eigenvalue weighted by Crippen LogP contribution is 2.08. The number of amides is 1. The van der Waals surface area contributed by atoms with Crippen molar-refractivity contribution in [3.8, 4) is 0 Å². The quantitative estimate of drug-likeness (QED) is 0.752. The van der Waals surface area contributed by atoms with Gasteiger partial charge in [0.25, 0.3) is 0 Å². The maximum absolute atomic E-state index is 11.3. The smallest absolute Gasteiger partial charge is 0.226 e. The van der Waals surface area contributed by atoms with E-state index in [2.05, 4.69) is 10.3 Å². The molecule has 1 aromatic rings. The molecule has 0 spiro atoms. The van der Waals surface area contributed by atoms with Crippen LogP contribution in [0.4, 0.5) is 5.69 Å². The van der Waals surface area contributed by atoms with Crippen molar-refractivity contribution in [3.63, 3.8) is 0 Å². The average molecular weight is 178 g/mol. The van der Waals surface area contributed by atoms with Gasteiger partial charge in [-0.2, -0.15) is 0 Å². The maximum atomic E-state index is 11.3. The second kappa shape index (κ2) is 4.03. The predicted molar refractivity (Wildman–Crippen MR) is 52.4 cm³/mol. The average Bonchev–Trinajstić information content (AvgIpc) is 2.04. The number of anilines is 1. The van der Waals surface area contributed by atoms with E-state index in [9.17, 15) is 4.79 Å². The lowest BCUT2D eigenvalue weighted by molar-refractivity contribution is -0.118. The summed E-state index contributed by atoms with van der Waals surface area (Å²) >= 11 is 0. The van der Waals surface area contributed by atoms with Gasteiger partial charge in [-0.3, -0.25) is 9.78 Å². The Hall–Kier alpha value is -1.38. The van der Waals surface area contributed by atoms with Crippen LogP contribution in [0, 0.1) is 12.8 Å². The van der Waals surface area contributed by atoms with Crippen LogP contribution in [-0.2, 0) is 4.79 Å². The first kappa shape index (κ1) is 9.71. The van der Waals surface area contributed by atoms with Crippen LogP contribution in [0.3, 0.4) is 0 Å². The van der Waals surface area contributed by atoms with E-state index in [1.54, 1.807) is 12.4 Å². The number of pyridine rings is 1. The van der Waals surface area contributed by atoms with Crippen molar-refractivity contribution in [1.82, 2.24) is 4.98 Å². The maximum Gasteiger partial charge on any atom is 0.226 e. The minimum absolute atomic E-state index is 0.000474. The van der Waals surface area contributed by atoms with Crippen molar-refractivity contribution in [1.29, 1.82) is 0 Å². The summed E-state index contributed by atoms with van der Waals surface area (Å²) in [5, 5.41) is 2.78. The fourth-order valence-corrected chi connectivity index (χ4v) is 0.910. The molecule has 0 saturated heterocycles. The first-order valence-corrected chi connectivity index (χ1v) is 4.32. The minimum atomic E-state index is 0.000474. The fourth-order valence-electron chi connectivity index (χ4n) is 0.910. The molecule has 0 aliphatic carbocycles. The van der Waals surface area contributed by atoms with Gasteiger partial charge in [-0.25, -0.2) is 0 Å².